The van der Waals surface area contributed by atoms with E-state index in [1.807, 2.05) is 43.5 Å². The zero-order valence-electron chi connectivity index (χ0n) is 22.4. The molecule has 0 atom stereocenters. The van der Waals surface area contributed by atoms with Crippen LogP contribution in [0.1, 0.15) is 0 Å². The molecule has 4 aromatic rings. The van der Waals surface area contributed by atoms with Gasteiger partial charge in [0.05, 0.1) is 43.1 Å². The highest BCUT2D eigenvalue weighted by atomic mass is 16.5. The molecule has 0 radical (unpaired) electrons. The lowest BCUT2D eigenvalue weighted by atomic mass is 10.1. The molecule has 2 aromatic heterocycles. The number of ether oxygens (including phenoxy) is 2. The van der Waals surface area contributed by atoms with Gasteiger partial charge >= 0.3 is 0 Å². The first kappa shape index (κ1) is 26.2. The monoisotopic (exact) mass is 527 g/mol. The van der Waals surface area contributed by atoms with Crippen LogP contribution in [0.4, 0.5) is 23.0 Å². The van der Waals surface area contributed by atoms with Crippen molar-refractivity contribution in [1.82, 2.24) is 19.4 Å². The Bertz CT molecular complexity index is 1490. The molecule has 1 fully saturated rings. The minimum atomic E-state index is -0.218. The normalized spacial score (nSPS) is 14.0. The Labute approximate surface area is 227 Å². The first-order chi connectivity index (χ1) is 19.1. The summed E-state index contributed by atoms with van der Waals surface area (Å²) in [6.07, 6.45) is 7.22. The smallest absolute Gasteiger partial charge is 0.248 e. The average Bonchev–Trinajstić information content (AvgIpc) is 3.30. The second kappa shape index (κ2) is 12.0. The molecule has 2 aromatic carbocycles. The number of aryl methyl sites for hydroxylation is 1. The zero-order valence-corrected chi connectivity index (χ0v) is 22.4. The zero-order chi connectivity index (χ0) is 27.2. The SMILES string of the molecule is CNc1cc(OC)c(Nc2nccc(-c3cn(C)c4ccccc34)n2)cc1NC(=O)/C=C/CN1CCOCC1. The summed E-state index contributed by atoms with van der Waals surface area (Å²) >= 11 is 0. The molecule has 1 aliphatic rings. The molecule has 3 N–H and O–H groups in total. The summed E-state index contributed by atoms with van der Waals surface area (Å²) in [5, 5.41) is 10.5. The minimum absolute atomic E-state index is 0.218. The van der Waals surface area contributed by atoms with E-state index in [1.165, 1.54) is 0 Å². The van der Waals surface area contributed by atoms with Crippen molar-refractivity contribution in [3.8, 4) is 17.0 Å². The van der Waals surface area contributed by atoms with Gasteiger partial charge in [-0.05, 0) is 18.2 Å². The summed E-state index contributed by atoms with van der Waals surface area (Å²) in [6, 6.07) is 13.7. The summed E-state index contributed by atoms with van der Waals surface area (Å²) in [5.74, 6) is 0.781. The number of carbonyl (C=O) groups excluding carboxylic acids is 1. The Hall–Kier alpha value is -4.41. The fraction of sp³-hybridized carbons (Fsp3) is 0.276. The predicted molar refractivity (Wildman–Crippen MR) is 155 cm³/mol. The van der Waals surface area contributed by atoms with E-state index in [4.69, 9.17) is 14.5 Å². The van der Waals surface area contributed by atoms with Gasteiger partial charge in [-0.2, -0.15) is 0 Å². The molecule has 0 saturated carbocycles. The van der Waals surface area contributed by atoms with E-state index < -0.39 is 0 Å². The maximum absolute atomic E-state index is 12.7. The Kier molecular flexibility index (Phi) is 8.04. The molecule has 39 heavy (non-hydrogen) atoms. The van der Waals surface area contributed by atoms with Gasteiger partial charge in [-0.1, -0.05) is 24.3 Å². The molecule has 0 bridgehead atoms. The second-order valence-electron chi connectivity index (χ2n) is 9.21. The number of hydrogen-bond donors (Lipinski definition) is 3. The van der Waals surface area contributed by atoms with Gasteiger partial charge in [0.25, 0.3) is 0 Å². The summed E-state index contributed by atoms with van der Waals surface area (Å²) in [5.41, 5.74) is 4.90. The molecule has 1 saturated heterocycles. The van der Waals surface area contributed by atoms with E-state index in [0.717, 1.165) is 54.2 Å². The number of morpholine rings is 1. The third-order valence-electron chi connectivity index (χ3n) is 6.68. The number of anilines is 4. The number of amides is 1. The molecular formula is C29H33N7O3. The van der Waals surface area contributed by atoms with Crippen LogP contribution < -0.4 is 20.7 Å². The van der Waals surface area contributed by atoms with Gasteiger partial charge in [-0.25, -0.2) is 9.97 Å². The summed E-state index contributed by atoms with van der Waals surface area (Å²) in [7, 11) is 5.41. The van der Waals surface area contributed by atoms with Crippen LogP contribution in [0.15, 0.2) is 67.0 Å². The lowest BCUT2D eigenvalue weighted by Crippen LogP contribution is -2.36. The molecule has 10 nitrogen and oxygen atoms in total. The van der Waals surface area contributed by atoms with Crippen molar-refractivity contribution in [2.75, 3.05) is 63.0 Å². The van der Waals surface area contributed by atoms with Crippen LogP contribution in [-0.4, -0.2) is 72.3 Å². The highest BCUT2D eigenvalue weighted by Crippen LogP contribution is 2.36. The van der Waals surface area contributed by atoms with Crippen molar-refractivity contribution < 1.29 is 14.3 Å². The molecule has 10 heteroatoms. The van der Waals surface area contributed by atoms with E-state index in [9.17, 15) is 4.79 Å². The highest BCUT2D eigenvalue weighted by molar-refractivity contribution is 6.02. The maximum Gasteiger partial charge on any atom is 0.248 e. The van der Waals surface area contributed by atoms with E-state index in [2.05, 4.69) is 48.7 Å². The van der Waals surface area contributed by atoms with Gasteiger partial charge in [0.1, 0.15) is 5.75 Å². The van der Waals surface area contributed by atoms with E-state index in [-0.39, 0.29) is 5.91 Å². The third-order valence-corrected chi connectivity index (χ3v) is 6.68. The Morgan fingerprint density at radius 2 is 1.95 bits per heavy atom. The van der Waals surface area contributed by atoms with Gasteiger partial charge in [-0.15, -0.1) is 0 Å². The molecule has 0 spiro atoms. The van der Waals surface area contributed by atoms with Gasteiger partial charge in [0.15, 0.2) is 0 Å². The van der Waals surface area contributed by atoms with Gasteiger partial charge < -0.3 is 30.0 Å². The number of methoxy groups -OCH3 is 1. The molecule has 1 amide bonds. The molecular weight excluding hydrogens is 494 g/mol. The number of benzene rings is 2. The number of aromatic nitrogens is 3. The van der Waals surface area contributed by atoms with Crippen LogP contribution in [0.2, 0.25) is 0 Å². The molecule has 0 unspecified atom stereocenters. The molecule has 1 aliphatic heterocycles. The van der Waals surface area contributed by atoms with Crippen molar-refractivity contribution >= 4 is 39.8 Å². The first-order valence-corrected chi connectivity index (χ1v) is 12.9. The predicted octanol–water partition coefficient (Wildman–Crippen LogP) is 4.26. The summed E-state index contributed by atoms with van der Waals surface area (Å²) in [4.78, 5) is 24.2. The molecule has 202 valence electrons. The molecule has 5 rings (SSSR count). The fourth-order valence-electron chi connectivity index (χ4n) is 4.66. The van der Waals surface area contributed by atoms with Gasteiger partial charge in [0.2, 0.25) is 11.9 Å². The standard InChI is InChI=1S/C29H33N7O3/c1-30-23-18-27(38-3)25(17-24(23)32-28(37)9-6-12-36-13-15-39-16-14-36)34-29-31-11-10-22(33-29)21-19-35(2)26-8-5-4-7-20(21)26/h4-11,17-19,30H,12-16H2,1-3H3,(H,32,37)(H,31,33,34)/b9-6+. The van der Waals surface area contributed by atoms with Crippen molar-refractivity contribution in [3.63, 3.8) is 0 Å². The lowest BCUT2D eigenvalue weighted by molar-refractivity contribution is -0.111. The highest BCUT2D eigenvalue weighted by Gasteiger charge is 2.15. The van der Waals surface area contributed by atoms with Crippen molar-refractivity contribution in [2.24, 2.45) is 7.05 Å². The Morgan fingerprint density at radius 3 is 2.74 bits per heavy atom. The largest absolute Gasteiger partial charge is 0.494 e. The van der Waals surface area contributed by atoms with Crippen LogP contribution in [0.5, 0.6) is 5.75 Å². The molecule has 3 heterocycles. The number of rotatable bonds is 9. The molecule has 0 aliphatic carbocycles. The van der Waals surface area contributed by atoms with Crippen molar-refractivity contribution in [1.29, 1.82) is 0 Å². The number of nitrogens with one attached hydrogen (secondary N) is 3. The van der Waals surface area contributed by atoms with Gasteiger partial charge in [0, 0.05) is 74.7 Å². The van der Waals surface area contributed by atoms with Gasteiger partial charge in [-0.3, -0.25) is 9.69 Å². The Morgan fingerprint density at radius 1 is 1.13 bits per heavy atom. The van der Waals surface area contributed by atoms with Crippen LogP contribution >= 0.6 is 0 Å². The summed E-state index contributed by atoms with van der Waals surface area (Å²) < 4.78 is 13.1. The van der Waals surface area contributed by atoms with Crippen molar-refractivity contribution in [2.45, 2.75) is 0 Å². The van der Waals surface area contributed by atoms with Crippen LogP contribution in [-0.2, 0) is 16.6 Å². The van der Waals surface area contributed by atoms with Crippen LogP contribution in [0.3, 0.4) is 0 Å². The quantitative estimate of drug-likeness (QED) is 0.278. The number of hydrogen-bond acceptors (Lipinski definition) is 8. The second-order valence-corrected chi connectivity index (χ2v) is 9.21. The summed E-state index contributed by atoms with van der Waals surface area (Å²) in [6.45, 7) is 3.89. The topological polar surface area (TPSA) is 106 Å². The van der Waals surface area contributed by atoms with Crippen molar-refractivity contribution in [3.05, 3.63) is 67.0 Å². The third kappa shape index (κ3) is 6.02. The maximum atomic E-state index is 12.7. The number of para-hydroxylation sites is 1. The van der Waals surface area contributed by atoms with Crippen LogP contribution in [0.25, 0.3) is 22.2 Å². The van der Waals surface area contributed by atoms with E-state index >= 15 is 0 Å². The first-order valence-electron chi connectivity index (χ1n) is 12.9. The number of fused-ring (bicyclic) bond motifs is 1. The number of nitrogens with zero attached hydrogens (tertiary/aromatic N) is 4. The van der Waals surface area contributed by atoms with Crippen LogP contribution in [0, 0.1) is 0 Å². The fourth-order valence-corrected chi connectivity index (χ4v) is 4.66. The Balaban J connectivity index is 1.36. The van der Waals surface area contributed by atoms with E-state index in [1.54, 1.807) is 26.4 Å². The minimum Gasteiger partial charge on any atom is -0.494 e. The van der Waals surface area contributed by atoms with E-state index in [0.29, 0.717) is 29.6 Å². The average molecular weight is 528 g/mol. The number of carbonyl (C=O) groups is 1. The lowest BCUT2D eigenvalue weighted by Gasteiger charge is -2.25.